The Kier molecular flexibility index (Phi) is 10.1. The fourth-order valence-electron chi connectivity index (χ4n) is 0.556. The molecular formula is C6H14BaO2. The Bertz CT molecular complexity index is 83.1. The van der Waals surface area contributed by atoms with Crippen molar-refractivity contribution < 1.29 is 9.90 Å². The van der Waals surface area contributed by atoms with Crippen molar-refractivity contribution in [2.75, 3.05) is 0 Å². The molecule has 0 fully saturated rings. The number of carboxylic acid groups (broad SMARTS) is 1. The van der Waals surface area contributed by atoms with Gasteiger partial charge in [0.2, 0.25) is 0 Å². The minimum atomic E-state index is -0.688. The van der Waals surface area contributed by atoms with Gasteiger partial charge in [0.15, 0.2) is 0 Å². The maximum absolute atomic E-state index is 10.1. The molecule has 0 amide bonds. The van der Waals surface area contributed by atoms with Gasteiger partial charge < -0.3 is 5.11 Å². The van der Waals surface area contributed by atoms with Gasteiger partial charge in [0, 0.05) is 0 Å². The molecule has 1 unspecified atom stereocenters. The van der Waals surface area contributed by atoms with Crippen molar-refractivity contribution in [3.8, 4) is 0 Å². The summed E-state index contributed by atoms with van der Waals surface area (Å²) >= 11 is 0. The van der Waals surface area contributed by atoms with E-state index >= 15 is 0 Å². The monoisotopic (exact) mass is 256 g/mol. The van der Waals surface area contributed by atoms with Gasteiger partial charge in [-0.1, -0.05) is 20.3 Å². The summed E-state index contributed by atoms with van der Waals surface area (Å²) in [7, 11) is 0. The number of aliphatic carboxylic acids is 1. The van der Waals surface area contributed by atoms with Gasteiger partial charge in [0.1, 0.15) is 0 Å². The molecule has 0 aliphatic carbocycles. The van der Waals surface area contributed by atoms with Crippen LogP contribution in [0.4, 0.5) is 0 Å². The Morgan fingerprint density at radius 1 is 1.67 bits per heavy atom. The third-order valence-corrected chi connectivity index (χ3v) is 1.14. The van der Waals surface area contributed by atoms with Crippen LogP contribution in [0.2, 0.25) is 0 Å². The first-order valence-corrected chi connectivity index (χ1v) is 2.91. The molecule has 1 atom stereocenters. The van der Waals surface area contributed by atoms with Crippen LogP contribution in [0.15, 0.2) is 0 Å². The standard InChI is InChI=1S/C6H12O2.Ba.2H/c1-3-4-5(2)6(7)8;;;/h5H,3-4H2,1-2H3,(H,7,8);;;. The third kappa shape index (κ3) is 6.93. The van der Waals surface area contributed by atoms with E-state index in [1.807, 2.05) is 6.92 Å². The molecule has 0 saturated carbocycles. The van der Waals surface area contributed by atoms with E-state index in [1.54, 1.807) is 6.92 Å². The number of hydrogen-bond acceptors (Lipinski definition) is 1. The van der Waals surface area contributed by atoms with Gasteiger partial charge in [-0.3, -0.25) is 4.79 Å². The SMILES string of the molecule is CCCC(C)C(=O)O.[BaH2]. The van der Waals surface area contributed by atoms with Crippen molar-refractivity contribution in [3.63, 3.8) is 0 Å². The first kappa shape index (κ1) is 12.7. The summed E-state index contributed by atoms with van der Waals surface area (Å²) < 4.78 is 0. The number of rotatable bonds is 3. The predicted octanol–water partition coefficient (Wildman–Crippen LogP) is 0.591. The predicted molar refractivity (Wildman–Crippen MR) is 40.3 cm³/mol. The van der Waals surface area contributed by atoms with Gasteiger partial charge in [-0.25, -0.2) is 0 Å². The van der Waals surface area contributed by atoms with Crippen LogP contribution in [0.25, 0.3) is 0 Å². The van der Waals surface area contributed by atoms with E-state index in [-0.39, 0.29) is 54.8 Å². The first-order chi connectivity index (χ1) is 3.68. The molecule has 0 rings (SSSR count). The Balaban J connectivity index is 0. The second-order valence-electron chi connectivity index (χ2n) is 2.03. The molecular weight excluding hydrogens is 241 g/mol. The quantitative estimate of drug-likeness (QED) is 0.750. The first-order valence-electron chi connectivity index (χ1n) is 2.91. The van der Waals surface area contributed by atoms with Gasteiger partial charge in [-0.2, -0.15) is 0 Å². The zero-order valence-electron chi connectivity index (χ0n) is 5.35. The molecule has 0 aliphatic rings. The molecule has 0 bridgehead atoms. The fraction of sp³-hybridized carbons (Fsp3) is 0.833. The molecule has 0 spiro atoms. The van der Waals surface area contributed by atoms with Crippen molar-refractivity contribution in [2.24, 2.45) is 5.92 Å². The average Bonchev–Trinajstić information content (AvgIpc) is 1.67. The summed E-state index contributed by atoms with van der Waals surface area (Å²) in [4.78, 5) is 10.1. The van der Waals surface area contributed by atoms with Crippen molar-refractivity contribution in [1.29, 1.82) is 0 Å². The molecule has 0 saturated heterocycles. The van der Waals surface area contributed by atoms with Crippen molar-refractivity contribution in [1.82, 2.24) is 0 Å². The summed E-state index contributed by atoms with van der Waals surface area (Å²) in [6.45, 7) is 3.71. The summed E-state index contributed by atoms with van der Waals surface area (Å²) in [6, 6.07) is 0. The average molecular weight is 256 g/mol. The summed E-state index contributed by atoms with van der Waals surface area (Å²) in [6.07, 6.45) is 1.74. The van der Waals surface area contributed by atoms with E-state index in [0.717, 1.165) is 12.8 Å². The Morgan fingerprint density at radius 2 is 2.11 bits per heavy atom. The summed E-state index contributed by atoms with van der Waals surface area (Å²) in [5, 5.41) is 8.31. The molecule has 0 aromatic carbocycles. The summed E-state index contributed by atoms with van der Waals surface area (Å²) in [5.74, 6) is -0.855. The number of hydrogen-bond donors (Lipinski definition) is 1. The van der Waals surface area contributed by atoms with E-state index in [1.165, 1.54) is 0 Å². The topological polar surface area (TPSA) is 37.3 Å². The molecule has 0 aromatic heterocycles. The molecule has 0 aliphatic heterocycles. The van der Waals surface area contributed by atoms with Gasteiger partial charge in [-0.05, 0) is 6.42 Å². The molecule has 3 heteroatoms. The second kappa shape index (κ2) is 7.15. The van der Waals surface area contributed by atoms with Crippen LogP contribution in [-0.4, -0.2) is 60.0 Å². The zero-order chi connectivity index (χ0) is 6.57. The molecule has 0 aromatic rings. The van der Waals surface area contributed by atoms with Gasteiger partial charge in [0.25, 0.3) is 0 Å². The van der Waals surface area contributed by atoms with Crippen LogP contribution in [0, 0.1) is 5.92 Å². The second-order valence-corrected chi connectivity index (χ2v) is 2.03. The molecule has 52 valence electrons. The molecule has 9 heavy (non-hydrogen) atoms. The molecule has 0 heterocycles. The van der Waals surface area contributed by atoms with Crippen LogP contribution in [-0.2, 0) is 4.79 Å². The van der Waals surface area contributed by atoms with Gasteiger partial charge >= 0.3 is 54.9 Å². The number of carboxylic acids is 1. The Labute approximate surface area is 96.1 Å². The Morgan fingerprint density at radius 3 is 2.22 bits per heavy atom. The van der Waals surface area contributed by atoms with Crippen LogP contribution >= 0.6 is 0 Å². The van der Waals surface area contributed by atoms with Gasteiger partial charge in [0.05, 0.1) is 5.92 Å². The normalized spacial score (nSPS) is 11.8. The van der Waals surface area contributed by atoms with Crippen LogP contribution in [0.5, 0.6) is 0 Å². The van der Waals surface area contributed by atoms with Crippen LogP contribution < -0.4 is 0 Å². The Hall–Kier alpha value is 1.04. The third-order valence-electron chi connectivity index (χ3n) is 1.14. The van der Waals surface area contributed by atoms with Crippen LogP contribution in [0.3, 0.4) is 0 Å². The van der Waals surface area contributed by atoms with Gasteiger partial charge in [-0.15, -0.1) is 0 Å². The van der Waals surface area contributed by atoms with E-state index in [4.69, 9.17) is 5.11 Å². The zero-order valence-corrected chi connectivity index (χ0v) is 5.35. The maximum atomic E-state index is 10.1. The summed E-state index contributed by atoms with van der Waals surface area (Å²) in [5.41, 5.74) is 0. The van der Waals surface area contributed by atoms with E-state index in [0.29, 0.717) is 0 Å². The molecule has 2 nitrogen and oxygen atoms in total. The number of carbonyl (C=O) groups is 1. The molecule has 0 radical (unpaired) electrons. The van der Waals surface area contributed by atoms with E-state index in [2.05, 4.69) is 0 Å². The van der Waals surface area contributed by atoms with Crippen LogP contribution in [0.1, 0.15) is 26.7 Å². The van der Waals surface area contributed by atoms with Crippen molar-refractivity contribution >= 4 is 54.9 Å². The van der Waals surface area contributed by atoms with Crippen molar-refractivity contribution in [3.05, 3.63) is 0 Å². The minimum absolute atomic E-state index is 0. The van der Waals surface area contributed by atoms with E-state index in [9.17, 15) is 4.79 Å². The van der Waals surface area contributed by atoms with E-state index < -0.39 is 5.97 Å². The fourth-order valence-corrected chi connectivity index (χ4v) is 0.556. The van der Waals surface area contributed by atoms with Crippen molar-refractivity contribution in [2.45, 2.75) is 26.7 Å². The molecule has 1 N–H and O–H groups in total.